The normalized spacial score (nSPS) is 28.2. The van der Waals surface area contributed by atoms with E-state index in [9.17, 15) is 5.11 Å². The van der Waals surface area contributed by atoms with Crippen molar-refractivity contribution >= 4 is 0 Å². The summed E-state index contributed by atoms with van der Waals surface area (Å²) in [4.78, 5) is 0. The molecular weight excluding hydrogens is 411 g/mol. The summed E-state index contributed by atoms with van der Waals surface area (Å²) in [6.45, 7) is 2.31. The second-order valence-electron chi connectivity index (χ2n) is 3.63. The Morgan fingerprint density at radius 2 is 1.87 bits per heavy atom. The third-order valence-electron chi connectivity index (χ3n) is 2.49. The molecule has 2 N–H and O–H groups in total. The van der Waals surface area contributed by atoms with Crippen LogP contribution in [0.4, 0.5) is 0 Å². The molecule has 1 unspecified atom stereocenters. The molecule has 15 heavy (non-hydrogen) atoms. The van der Waals surface area contributed by atoms with Gasteiger partial charge >= 0.3 is 0 Å². The van der Waals surface area contributed by atoms with Gasteiger partial charge in [-0.05, 0) is 32.6 Å². The van der Waals surface area contributed by atoms with Gasteiger partial charge in [-0.1, -0.05) is 0 Å². The Morgan fingerprint density at radius 3 is 2.33 bits per heavy atom. The van der Waals surface area contributed by atoms with Crippen LogP contribution in [-0.2, 0) is 9.47 Å². The number of hydrogen-bond donors (Lipinski definition) is 2. The molecule has 4 nitrogen and oxygen atoms in total. The zero-order valence-electron chi connectivity index (χ0n) is 9.26. The van der Waals surface area contributed by atoms with Crippen molar-refractivity contribution in [1.29, 1.82) is 0 Å². The summed E-state index contributed by atoms with van der Waals surface area (Å²) in [5.74, 6) is 0. The van der Waals surface area contributed by atoms with Gasteiger partial charge in [0.2, 0.25) is 0 Å². The van der Waals surface area contributed by atoms with E-state index in [2.05, 4.69) is 0 Å². The molecule has 1 atom stereocenters. The first-order valence-electron chi connectivity index (χ1n) is 5.32. The van der Waals surface area contributed by atoms with Crippen molar-refractivity contribution in [2.75, 3.05) is 13.2 Å². The maximum absolute atomic E-state index is 9.29. The molecular formula is C10H20AcO4. The standard InChI is InChI=1S/C10H20O4.Ac/c1-2-13-10(7-11)14-9-5-3-8(12)4-6-9;/h8-12H,2-7H2,1H3;. The van der Waals surface area contributed by atoms with Crippen LogP contribution in [0.3, 0.4) is 0 Å². The van der Waals surface area contributed by atoms with Crippen LogP contribution in [0.2, 0.25) is 0 Å². The second-order valence-corrected chi connectivity index (χ2v) is 3.63. The molecule has 0 heterocycles. The Morgan fingerprint density at radius 1 is 1.27 bits per heavy atom. The average Bonchev–Trinajstić information content (AvgIpc) is 2.20. The van der Waals surface area contributed by atoms with Crippen molar-refractivity contribution < 1.29 is 63.7 Å². The molecule has 5 heteroatoms. The first-order chi connectivity index (χ1) is 6.76. The Labute approximate surface area is 127 Å². The molecule has 0 bridgehead atoms. The van der Waals surface area contributed by atoms with E-state index in [-0.39, 0.29) is 62.9 Å². The van der Waals surface area contributed by atoms with Crippen LogP contribution >= 0.6 is 0 Å². The molecule has 1 aliphatic rings. The number of aliphatic hydroxyl groups is 2. The van der Waals surface area contributed by atoms with Crippen LogP contribution in [0.25, 0.3) is 0 Å². The Hall–Kier alpha value is 1.28. The van der Waals surface area contributed by atoms with Gasteiger partial charge in [0, 0.05) is 50.7 Å². The fourth-order valence-electron chi connectivity index (χ4n) is 1.72. The van der Waals surface area contributed by atoms with Crippen LogP contribution in [0.15, 0.2) is 0 Å². The molecule has 0 aromatic rings. The molecule has 1 aliphatic carbocycles. The summed E-state index contributed by atoms with van der Waals surface area (Å²) in [5, 5.41) is 18.2. The SMILES string of the molecule is CCOC(CO)OC1CCC(O)CC1.[Ac]. The molecule has 0 aromatic heterocycles. The quantitative estimate of drug-likeness (QED) is 0.629. The van der Waals surface area contributed by atoms with Gasteiger partial charge in [-0.2, -0.15) is 0 Å². The predicted octanol–water partition coefficient (Wildman–Crippen LogP) is 0.661. The minimum atomic E-state index is -0.500. The van der Waals surface area contributed by atoms with E-state index in [0.29, 0.717) is 6.61 Å². The number of hydrogen-bond acceptors (Lipinski definition) is 4. The predicted molar refractivity (Wildman–Crippen MR) is 51.8 cm³/mol. The van der Waals surface area contributed by atoms with Crippen molar-refractivity contribution in [2.24, 2.45) is 0 Å². The van der Waals surface area contributed by atoms with Crippen molar-refractivity contribution in [2.45, 2.75) is 51.1 Å². The Kier molecular flexibility index (Phi) is 10.1. The van der Waals surface area contributed by atoms with Gasteiger partial charge in [0.1, 0.15) is 0 Å². The first-order valence-corrected chi connectivity index (χ1v) is 5.32. The van der Waals surface area contributed by atoms with E-state index >= 15 is 0 Å². The topological polar surface area (TPSA) is 58.9 Å². The van der Waals surface area contributed by atoms with Crippen LogP contribution < -0.4 is 0 Å². The summed E-state index contributed by atoms with van der Waals surface area (Å²) < 4.78 is 10.7. The molecule has 1 saturated carbocycles. The molecule has 1 radical (unpaired) electrons. The fraction of sp³-hybridized carbons (Fsp3) is 1.00. The molecule has 0 spiro atoms. The largest absolute Gasteiger partial charge is 0.393 e. The van der Waals surface area contributed by atoms with E-state index in [1.807, 2.05) is 6.92 Å². The zero-order valence-corrected chi connectivity index (χ0v) is 14.0. The molecule has 0 amide bonds. The van der Waals surface area contributed by atoms with Gasteiger partial charge < -0.3 is 19.7 Å². The number of aliphatic hydroxyl groups excluding tert-OH is 2. The van der Waals surface area contributed by atoms with Crippen LogP contribution in [0, 0.1) is 44.1 Å². The van der Waals surface area contributed by atoms with Gasteiger partial charge in [0.15, 0.2) is 6.29 Å². The average molecular weight is 431 g/mol. The van der Waals surface area contributed by atoms with Gasteiger partial charge in [0.05, 0.1) is 18.8 Å². The van der Waals surface area contributed by atoms with Crippen molar-refractivity contribution in [3.8, 4) is 0 Å². The summed E-state index contributed by atoms with van der Waals surface area (Å²) in [6.07, 6.45) is 2.73. The maximum atomic E-state index is 9.29. The minimum Gasteiger partial charge on any atom is -0.393 e. The van der Waals surface area contributed by atoms with Gasteiger partial charge in [-0.25, -0.2) is 0 Å². The Balaban J connectivity index is 0.00000196. The molecule has 0 aliphatic heterocycles. The summed E-state index contributed by atoms with van der Waals surface area (Å²) in [6, 6.07) is 0. The van der Waals surface area contributed by atoms with E-state index in [0.717, 1.165) is 25.7 Å². The second kappa shape index (κ2) is 9.33. The number of rotatable bonds is 5. The summed E-state index contributed by atoms with van der Waals surface area (Å²) in [5.41, 5.74) is 0. The maximum Gasteiger partial charge on any atom is 0.180 e. The van der Waals surface area contributed by atoms with Gasteiger partial charge in [-0.3, -0.25) is 0 Å². The number of ether oxygens (including phenoxy) is 2. The van der Waals surface area contributed by atoms with Gasteiger partial charge in [-0.15, -0.1) is 0 Å². The first kappa shape index (κ1) is 16.3. The summed E-state index contributed by atoms with van der Waals surface area (Å²) in [7, 11) is 0. The van der Waals surface area contributed by atoms with Gasteiger partial charge in [0.25, 0.3) is 0 Å². The summed E-state index contributed by atoms with van der Waals surface area (Å²) >= 11 is 0. The van der Waals surface area contributed by atoms with Crippen LogP contribution in [0.1, 0.15) is 32.6 Å². The third-order valence-corrected chi connectivity index (χ3v) is 2.49. The minimum absolute atomic E-state index is 0. The fourth-order valence-corrected chi connectivity index (χ4v) is 1.72. The van der Waals surface area contributed by atoms with Crippen LogP contribution in [0.5, 0.6) is 0 Å². The smallest absolute Gasteiger partial charge is 0.180 e. The van der Waals surface area contributed by atoms with E-state index in [1.54, 1.807) is 0 Å². The van der Waals surface area contributed by atoms with Crippen molar-refractivity contribution in [3.63, 3.8) is 0 Å². The van der Waals surface area contributed by atoms with E-state index < -0.39 is 6.29 Å². The van der Waals surface area contributed by atoms with Crippen LogP contribution in [-0.4, -0.2) is 41.9 Å². The third kappa shape index (κ3) is 6.55. The monoisotopic (exact) mass is 431 g/mol. The molecule has 0 aromatic carbocycles. The molecule has 0 saturated heterocycles. The van der Waals surface area contributed by atoms with Crippen molar-refractivity contribution in [3.05, 3.63) is 0 Å². The Bertz CT molecular complexity index is 148. The van der Waals surface area contributed by atoms with E-state index in [1.165, 1.54) is 0 Å². The zero-order chi connectivity index (χ0) is 10.4. The molecule has 87 valence electrons. The molecule has 1 rings (SSSR count). The van der Waals surface area contributed by atoms with E-state index in [4.69, 9.17) is 14.6 Å². The molecule has 1 fully saturated rings. The van der Waals surface area contributed by atoms with Crippen molar-refractivity contribution in [1.82, 2.24) is 0 Å².